The zero-order valence-corrected chi connectivity index (χ0v) is 12.3. The van der Waals surface area contributed by atoms with E-state index in [0.29, 0.717) is 6.73 Å². The number of imidazole rings is 1. The summed E-state index contributed by atoms with van der Waals surface area (Å²) in [6.45, 7) is 8.93. The third-order valence-corrected chi connectivity index (χ3v) is 2.98. The van der Waals surface area contributed by atoms with Gasteiger partial charge >= 0.3 is 5.82 Å². The number of hydrogen-bond donors (Lipinski definition) is 1. The van der Waals surface area contributed by atoms with Gasteiger partial charge in [-0.25, -0.2) is 9.13 Å². The van der Waals surface area contributed by atoms with Crippen molar-refractivity contribution in [3.05, 3.63) is 18.2 Å². The van der Waals surface area contributed by atoms with Crippen LogP contribution in [-0.4, -0.2) is 22.1 Å². The Hall–Kier alpha value is -1.07. The van der Waals surface area contributed by atoms with Crippen molar-refractivity contribution in [2.45, 2.75) is 40.5 Å². The van der Waals surface area contributed by atoms with Gasteiger partial charge < -0.3 is 22.4 Å². The summed E-state index contributed by atoms with van der Waals surface area (Å²) in [4.78, 5) is 0. The highest BCUT2D eigenvalue weighted by Crippen LogP contribution is 2.21. The van der Waals surface area contributed by atoms with Crippen molar-refractivity contribution in [2.75, 3.05) is 0 Å². The van der Waals surface area contributed by atoms with Crippen molar-refractivity contribution in [3.8, 4) is 0 Å². The van der Waals surface area contributed by atoms with Crippen LogP contribution in [0.2, 0.25) is 0 Å². The molecular weight excluding hydrogens is 254 g/mol. The molecule has 0 saturated heterocycles. The SMILES string of the molecule is CC(OCn1cc[n+](C)c1/C=N/O)C(C)(C)C.[Cl-]. The van der Waals surface area contributed by atoms with E-state index < -0.39 is 0 Å². The number of rotatable bonds is 4. The molecule has 0 aliphatic carbocycles. The van der Waals surface area contributed by atoms with Gasteiger partial charge in [-0.05, 0) is 12.3 Å². The standard InChI is InChI=1S/C12H21N3O2.ClH/c1-10(12(2,3)4)17-9-15-7-6-14(5)11(15)8-13-16;/h6-8,10H,9H2,1-5H3;1H. The lowest BCUT2D eigenvalue weighted by molar-refractivity contribution is -0.672. The fraction of sp³-hybridized carbons (Fsp3) is 0.667. The molecule has 0 spiro atoms. The summed E-state index contributed by atoms with van der Waals surface area (Å²) in [5.41, 5.74) is 0.112. The van der Waals surface area contributed by atoms with Gasteiger partial charge in [0, 0.05) is 0 Å². The number of hydrogen-bond acceptors (Lipinski definition) is 3. The maximum Gasteiger partial charge on any atom is 0.305 e. The van der Waals surface area contributed by atoms with E-state index in [0.717, 1.165) is 5.82 Å². The Labute approximate surface area is 114 Å². The first-order chi connectivity index (χ1) is 7.86. The Morgan fingerprint density at radius 3 is 2.67 bits per heavy atom. The van der Waals surface area contributed by atoms with E-state index in [1.807, 2.05) is 28.6 Å². The van der Waals surface area contributed by atoms with Gasteiger partial charge in [0.15, 0.2) is 12.9 Å². The molecule has 1 rings (SSSR count). The number of oxime groups is 1. The Kier molecular flexibility index (Phi) is 6.35. The predicted octanol–water partition coefficient (Wildman–Crippen LogP) is -1.47. The lowest BCUT2D eigenvalue weighted by Crippen LogP contribution is -3.00. The van der Waals surface area contributed by atoms with E-state index in [1.54, 1.807) is 0 Å². The minimum atomic E-state index is 0. The summed E-state index contributed by atoms with van der Waals surface area (Å²) < 4.78 is 9.56. The molecule has 1 aromatic rings. The maximum absolute atomic E-state index is 8.60. The number of halogens is 1. The van der Waals surface area contributed by atoms with Crippen molar-refractivity contribution in [2.24, 2.45) is 17.6 Å². The van der Waals surface area contributed by atoms with Crippen LogP contribution in [0.3, 0.4) is 0 Å². The van der Waals surface area contributed by atoms with Gasteiger partial charge in [-0.15, -0.1) is 0 Å². The molecule has 1 aromatic heterocycles. The molecular formula is C12H22ClN3O2. The third kappa shape index (κ3) is 4.31. The maximum atomic E-state index is 8.60. The van der Waals surface area contributed by atoms with E-state index in [1.165, 1.54) is 6.21 Å². The zero-order valence-electron chi connectivity index (χ0n) is 11.6. The lowest BCUT2D eigenvalue weighted by atomic mass is 9.90. The molecule has 18 heavy (non-hydrogen) atoms. The van der Waals surface area contributed by atoms with Gasteiger partial charge in [-0.3, -0.25) is 0 Å². The number of aromatic nitrogens is 2. The number of nitrogens with zero attached hydrogens (tertiary/aromatic N) is 3. The van der Waals surface area contributed by atoms with Crippen LogP contribution in [0.25, 0.3) is 0 Å². The van der Waals surface area contributed by atoms with Gasteiger partial charge in [0.1, 0.15) is 12.4 Å². The minimum absolute atomic E-state index is 0. The van der Waals surface area contributed by atoms with Gasteiger partial charge in [0.2, 0.25) is 0 Å². The minimum Gasteiger partial charge on any atom is -1.00 e. The Balaban J connectivity index is 0.00000289. The summed E-state index contributed by atoms with van der Waals surface area (Å²) in [6.07, 6.45) is 5.33. The van der Waals surface area contributed by atoms with Crippen LogP contribution >= 0.6 is 0 Å². The molecule has 0 aliphatic rings. The molecule has 0 aliphatic heterocycles. The van der Waals surface area contributed by atoms with E-state index >= 15 is 0 Å². The summed E-state index contributed by atoms with van der Waals surface area (Å²) in [5, 5.41) is 11.6. The average molecular weight is 276 g/mol. The monoisotopic (exact) mass is 275 g/mol. The smallest absolute Gasteiger partial charge is 0.305 e. The van der Waals surface area contributed by atoms with Gasteiger partial charge in [0.25, 0.3) is 0 Å². The molecule has 1 heterocycles. The fourth-order valence-electron chi connectivity index (χ4n) is 1.30. The van der Waals surface area contributed by atoms with E-state index in [4.69, 9.17) is 9.94 Å². The Bertz CT molecular complexity index is 397. The van der Waals surface area contributed by atoms with Crippen LogP contribution in [0, 0.1) is 5.41 Å². The van der Waals surface area contributed by atoms with Crippen molar-refractivity contribution in [3.63, 3.8) is 0 Å². The van der Waals surface area contributed by atoms with Crippen LogP contribution in [0.15, 0.2) is 17.5 Å². The van der Waals surface area contributed by atoms with Gasteiger partial charge in [0.05, 0.1) is 13.2 Å². The van der Waals surface area contributed by atoms with Crippen molar-refractivity contribution < 1.29 is 26.9 Å². The van der Waals surface area contributed by atoms with Crippen molar-refractivity contribution >= 4 is 6.21 Å². The molecule has 0 radical (unpaired) electrons. The number of ether oxygens (including phenoxy) is 1. The van der Waals surface area contributed by atoms with Crippen LogP contribution in [-0.2, 0) is 18.5 Å². The van der Waals surface area contributed by atoms with E-state index in [-0.39, 0.29) is 23.9 Å². The van der Waals surface area contributed by atoms with Crippen molar-refractivity contribution in [1.82, 2.24) is 4.57 Å². The van der Waals surface area contributed by atoms with Crippen LogP contribution in [0.5, 0.6) is 0 Å². The lowest BCUT2D eigenvalue weighted by Gasteiger charge is -2.26. The van der Waals surface area contributed by atoms with Crippen LogP contribution in [0.1, 0.15) is 33.5 Å². The first-order valence-electron chi connectivity index (χ1n) is 5.70. The molecule has 1 unspecified atom stereocenters. The molecule has 104 valence electrons. The fourth-order valence-corrected chi connectivity index (χ4v) is 1.30. The second-order valence-corrected chi connectivity index (χ2v) is 5.29. The molecule has 0 aromatic carbocycles. The van der Waals surface area contributed by atoms with Gasteiger partial charge in [-0.1, -0.05) is 25.9 Å². The first-order valence-corrected chi connectivity index (χ1v) is 5.70. The first kappa shape index (κ1) is 16.9. The largest absolute Gasteiger partial charge is 1.00 e. The number of aryl methyl sites for hydroxylation is 1. The van der Waals surface area contributed by atoms with E-state index in [2.05, 4.69) is 32.9 Å². The Morgan fingerprint density at radius 2 is 2.17 bits per heavy atom. The second kappa shape index (κ2) is 6.75. The van der Waals surface area contributed by atoms with Gasteiger partial charge in [-0.2, -0.15) is 0 Å². The molecule has 0 amide bonds. The molecule has 5 nitrogen and oxygen atoms in total. The summed E-state index contributed by atoms with van der Waals surface area (Å²) in [7, 11) is 1.89. The predicted molar refractivity (Wildman–Crippen MR) is 65.0 cm³/mol. The van der Waals surface area contributed by atoms with Crippen LogP contribution < -0.4 is 17.0 Å². The average Bonchev–Trinajstić information content (AvgIpc) is 2.56. The molecule has 1 N–H and O–H groups in total. The normalized spacial score (nSPS) is 13.6. The third-order valence-electron chi connectivity index (χ3n) is 2.98. The van der Waals surface area contributed by atoms with Crippen molar-refractivity contribution in [1.29, 1.82) is 0 Å². The molecule has 1 atom stereocenters. The summed E-state index contributed by atoms with van der Waals surface area (Å²) >= 11 is 0. The van der Waals surface area contributed by atoms with E-state index in [9.17, 15) is 0 Å². The Morgan fingerprint density at radius 1 is 1.56 bits per heavy atom. The highest BCUT2D eigenvalue weighted by molar-refractivity contribution is 5.72. The molecule has 0 saturated carbocycles. The summed E-state index contributed by atoms with van der Waals surface area (Å²) in [6, 6.07) is 0. The highest BCUT2D eigenvalue weighted by Gasteiger charge is 2.22. The molecule has 0 bridgehead atoms. The molecule has 6 heteroatoms. The quantitative estimate of drug-likeness (QED) is 0.316. The summed E-state index contributed by atoms with van der Waals surface area (Å²) in [5.74, 6) is 0.786. The van der Waals surface area contributed by atoms with Crippen LogP contribution in [0.4, 0.5) is 0 Å². The second-order valence-electron chi connectivity index (χ2n) is 5.29. The topological polar surface area (TPSA) is 50.6 Å². The zero-order chi connectivity index (χ0) is 13.1. The molecule has 0 fully saturated rings. The highest BCUT2D eigenvalue weighted by atomic mass is 35.5.